The summed E-state index contributed by atoms with van der Waals surface area (Å²) in [5.74, 6) is 0. The summed E-state index contributed by atoms with van der Waals surface area (Å²) in [6, 6.07) is 8.35. The van der Waals surface area contributed by atoms with Gasteiger partial charge in [-0.15, -0.1) is 0 Å². The Morgan fingerprint density at radius 2 is 1.88 bits per heavy atom. The van der Waals surface area contributed by atoms with Gasteiger partial charge in [-0.05, 0) is 30.2 Å². The maximum Gasteiger partial charge on any atom is 0.0315 e. The standard InChI is InChI=1S/C13H15N3/c1-11(13-5-3-7-15-10-13)16-9-12-4-2-6-14-8-12/h2-8,10-11,16H,9H2,1H3/t11-/m0/s1. The highest BCUT2D eigenvalue weighted by Gasteiger charge is 2.03. The molecule has 0 aliphatic heterocycles. The molecule has 1 atom stereocenters. The van der Waals surface area contributed by atoms with Crippen molar-refractivity contribution in [1.29, 1.82) is 0 Å². The molecule has 0 saturated carbocycles. The van der Waals surface area contributed by atoms with Gasteiger partial charge in [-0.3, -0.25) is 9.97 Å². The van der Waals surface area contributed by atoms with Crippen molar-refractivity contribution in [2.24, 2.45) is 0 Å². The summed E-state index contributed by atoms with van der Waals surface area (Å²) in [5, 5.41) is 3.44. The lowest BCUT2D eigenvalue weighted by Crippen LogP contribution is -2.18. The molecule has 2 rings (SSSR count). The van der Waals surface area contributed by atoms with Crippen LogP contribution < -0.4 is 5.32 Å². The molecule has 2 aromatic heterocycles. The van der Waals surface area contributed by atoms with Gasteiger partial charge in [0.25, 0.3) is 0 Å². The molecule has 3 heteroatoms. The number of nitrogens with zero attached hydrogens (tertiary/aromatic N) is 2. The second-order valence-corrected chi connectivity index (χ2v) is 3.75. The van der Waals surface area contributed by atoms with Crippen molar-refractivity contribution >= 4 is 0 Å². The van der Waals surface area contributed by atoms with E-state index < -0.39 is 0 Å². The molecule has 82 valence electrons. The first-order valence-corrected chi connectivity index (χ1v) is 5.38. The van der Waals surface area contributed by atoms with E-state index in [1.807, 2.05) is 24.5 Å². The Kier molecular flexibility index (Phi) is 3.62. The van der Waals surface area contributed by atoms with Gasteiger partial charge in [0.05, 0.1) is 0 Å². The summed E-state index contributed by atoms with van der Waals surface area (Å²) in [5.41, 5.74) is 2.39. The largest absolute Gasteiger partial charge is 0.306 e. The van der Waals surface area contributed by atoms with Crippen LogP contribution in [0.4, 0.5) is 0 Å². The zero-order valence-electron chi connectivity index (χ0n) is 9.30. The lowest BCUT2D eigenvalue weighted by Gasteiger charge is -2.13. The number of nitrogens with one attached hydrogen (secondary N) is 1. The van der Waals surface area contributed by atoms with E-state index in [9.17, 15) is 0 Å². The van der Waals surface area contributed by atoms with Gasteiger partial charge < -0.3 is 5.32 Å². The molecule has 3 nitrogen and oxygen atoms in total. The van der Waals surface area contributed by atoms with Crippen molar-refractivity contribution < 1.29 is 0 Å². The zero-order chi connectivity index (χ0) is 11.2. The van der Waals surface area contributed by atoms with Crippen LogP contribution in [-0.4, -0.2) is 9.97 Å². The number of pyridine rings is 2. The molecule has 0 spiro atoms. The second kappa shape index (κ2) is 5.37. The maximum absolute atomic E-state index is 4.11. The Bertz CT molecular complexity index is 414. The van der Waals surface area contributed by atoms with Gasteiger partial charge in [0.15, 0.2) is 0 Å². The lowest BCUT2D eigenvalue weighted by molar-refractivity contribution is 0.572. The Morgan fingerprint density at radius 1 is 1.12 bits per heavy atom. The molecule has 0 fully saturated rings. The van der Waals surface area contributed by atoms with Gasteiger partial charge in [-0.2, -0.15) is 0 Å². The van der Waals surface area contributed by atoms with Crippen molar-refractivity contribution in [3.8, 4) is 0 Å². The average Bonchev–Trinajstić information content (AvgIpc) is 2.38. The smallest absolute Gasteiger partial charge is 0.0315 e. The van der Waals surface area contributed by atoms with Crippen molar-refractivity contribution in [2.45, 2.75) is 19.5 Å². The molecular weight excluding hydrogens is 198 g/mol. The van der Waals surface area contributed by atoms with E-state index in [0.717, 1.165) is 6.54 Å². The van der Waals surface area contributed by atoms with Gasteiger partial charge in [0.2, 0.25) is 0 Å². The molecule has 0 unspecified atom stereocenters. The minimum Gasteiger partial charge on any atom is -0.306 e. The van der Waals surface area contributed by atoms with Crippen molar-refractivity contribution in [3.05, 3.63) is 60.2 Å². The fourth-order valence-electron chi connectivity index (χ4n) is 1.52. The summed E-state index contributed by atoms with van der Waals surface area (Å²) < 4.78 is 0. The first-order chi connectivity index (χ1) is 7.86. The van der Waals surface area contributed by atoms with Crippen LogP contribution in [0.25, 0.3) is 0 Å². The molecule has 0 aliphatic rings. The quantitative estimate of drug-likeness (QED) is 0.847. The molecule has 2 aromatic rings. The molecule has 16 heavy (non-hydrogen) atoms. The van der Waals surface area contributed by atoms with Gasteiger partial charge in [-0.25, -0.2) is 0 Å². The van der Waals surface area contributed by atoms with Crippen LogP contribution in [0.1, 0.15) is 24.1 Å². The normalized spacial score (nSPS) is 12.3. The monoisotopic (exact) mass is 213 g/mol. The highest BCUT2D eigenvalue weighted by atomic mass is 14.9. The van der Waals surface area contributed by atoms with Crippen LogP contribution in [0.3, 0.4) is 0 Å². The molecule has 0 aliphatic carbocycles. The van der Waals surface area contributed by atoms with E-state index in [1.54, 1.807) is 12.4 Å². The van der Waals surface area contributed by atoms with E-state index in [2.05, 4.69) is 34.3 Å². The fourth-order valence-corrected chi connectivity index (χ4v) is 1.52. The first kappa shape index (κ1) is 10.8. The summed E-state index contributed by atoms with van der Waals surface area (Å²) in [4.78, 5) is 8.19. The third-order valence-corrected chi connectivity index (χ3v) is 2.52. The van der Waals surface area contributed by atoms with Crippen LogP contribution in [0.2, 0.25) is 0 Å². The van der Waals surface area contributed by atoms with Crippen LogP contribution >= 0.6 is 0 Å². The summed E-state index contributed by atoms with van der Waals surface area (Å²) in [6.45, 7) is 2.96. The molecule has 2 heterocycles. The number of rotatable bonds is 4. The van der Waals surface area contributed by atoms with Gasteiger partial charge in [0, 0.05) is 37.4 Å². The van der Waals surface area contributed by atoms with E-state index in [1.165, 1.54) is 11.1 Å². The van der Waals surface area contributed by atoms with Crippen LogP contribution in [0.5, 0.6) is 0 Å². The summed E-state index contributed by atoms with van der Waals surface area (Å²) in [6.07, 6.45) is 7.34. The zero-order valence-corrected chi connectivity index (χ0v) is 9.30. The van der Waals surface area contributed by atoms with Crippen LogP contribution in [0.15, 0.2) is 49.1 Å². The molecule has 0 bridgehead atoms. The SMILES string of the molecule is C[C@H](NCc1cccnc1)c1cccnc1. The predicted molar refractivity (Wildman–Crippen MR) is 63.7 cm³/mol. The Morgan fingerprint density at radius 3 is 2.50 bits per heavy atom. The molecule has 1 N–H and O–H groups in total. The number of hydrogen-bond donors (Lipinski definition) is 1. The average molecular weight is 213 g/mol. The molecule has 0 saturated heterocycles. The molecule has 0 radical (unpaired) electrons. The second-order valence-electron chi connectivity index (χ2n) is 3.75. The Balaban J connectivity index is 1.92. The van der Waals surface area contributed by atoms with Crippen LogP contribution in [-0.2, 0) is 6.54 Å². The van der Waals surface area contributed by atoms with Crippen molar-refractivity contribution in [3.63, 3.8) is 0 Å². The Labute approximate surface area is 95.6 Å². The van der Waals surface area contributed by atoms with Crippen molar-refractivity contribution in [2.75, 3.05) is 0 Å². The van der Waals surface area contributed by atoms with Gasteiger partial charge >= 0.3 is 0 Å². The third-order valence-electron chi connectivity index (χ3n) is 2.52. The topological polar surface area (TPSA) is 37.8 Å². The number of aromatic nitrogens is 2. The highest BCUT2D eigenvalue weighted by molar-refractivity contribution is 5.14. The van der Waals surface area contributed by atoms with Gasteiger partial charge in [-0.1, -0.05) is 12.1 Å². The van der Waals surface area contributed by atoms with E-state index in [0.29, 0.717) is 6.04 Å². The third kappa shape index (κ3) is 2.87. The lowest BCUT2D eigenvalue weighted by atomic mass is 10.1. The highest BCUT2D eigenvalue weighted by Crippen LogP contribution is 2.10. The predicted octanol–water partition coefficient (Wildman–Crippen LogP) is 2.33. The first-order valence-electron chi connectivity index (χ1n) is 5.38. The summed E-state index contributed by atoms with van der Waals surface area (Å²) >= 11 is 0. The number of hydrogen-bond acceptors (Lipinski definition) is 3. The van der Waals surface area contributed by atoms with E-state index in [-0.39, 0.29) is 0 Å². The summed E-state index contributed by atoms with van der Waals surface area (Å²) in [7, 11) is 0. The van der Waals surface area contributed by atoms with E-state index in [4.69, 9.17) is 0 Å². The molecule has 0 amide bonds. The minimum absolute atomic E-state index is 0.300. The van der Waals surface area contributed by atoms with E-state index >= 15 is 0 Å². The van der Waals surface area contributed by atoms with Gasteiger partial charge in [0.1, 0.15) is 0 Å². The Hall–Kier alpha value is -1.74. The maximum atomic E-state index is 4.11. The molecule has 0 aromatic carbocycles. The van der Waals surface area contributed by atoms with Crippen LogP contribution in [0, 0.1) is 0 Å². The fraction of sp³-hybridized carbons (Fsp3) is 0.231. The molecular formula is C13H15N3. The minimum atomic E-state index is 0.300. The van der Waals surface area contributed by atoms with Crippen molar-refractivity contribution in [1.82, 2.24) is 15.3 Å².